The van der Waals surface area contributed by atoms with Gasteiger partial charge in [0.1, 0.15) is 0 Å². The van der Waals surface area contributed by atoms with Crippen LogP contribution >= 0.6 is 0 Å². The molecule has 0 radical (unpaired) electrons. The standard InChI is InChI=1S/C19H26F3N3O2/c1-18(2,3)24-17(27)25-9-7-13(8-10-25)12-23-16(26)14-5-4-6-15(11-14)19(20,21)22/h4-6,11,13H,7-10,12H2,1-3H3,(H,23,26)(H,24,27). The van der Waals surface area contributed by atoms with Gasteiger partial charge in [-0.25, -0.2) is 4.79 Å². The van der Waals surface area contributed by atoms with Crippen molar-refractivity contribution in [3.63, 3.8) is 0 Å². The number of nitrogens with one attached hydrogen (secondary N) is 2. The van der Waals surface area contributed by atoms with Gasteiger partial charge in [0.25, 0.3) is 5.91 Å². The van der Waals surface area contributed by atoms with Crippen molar-refractivity contribution in [3.05, 3.63) is 35.4 Å². The smallest absolute Gasteiger partial charge is 0.352 e. The van der Waals surface area contributed by atoms with E-state index in [-0.39, 0.29) is 23.1 Å². The van der Waals surface area contributed by atoms with Gasteiger partial charge in [-0.2, -0.15) is 13.2 Å². The van der Waals surface area contributed by atoms with Crippen molar-refractivity contribution in [3.8, 4) is 0 Å². The highest BCUT2D eigenvalue weighted by atomic mass is 19.4. The molecule has 3 amide bonds. The lowest BCUT2D eigenvalue weighted by molar-refractivity contribution is -0.137. The van der Waals surface area contributed by atoms with Crippen molar-refractivity contribution < 1.29 is 22.8 Å². The van der Waals surface area contributed by atoms with E-state index in [0.29, 0.717) is 19.6 Å². The fourth-order valence-electron chi connectivity index (χ4n) is 2.92. The van der Waals surface area contributed by atoms with Gasteiger partial charge in [-0.1, -0.05) is 6.07 Å². The number of hydrogen-bond donors (Lipinski definition) is 2. The number of benzene rings is 1. The second kappa shape index (κ2) is 8.19. The number of carbonyl (C=O) groups is 2. The molecule has 2 rings (SSSR count). The van der Waals surface area contributed by atoms with Crippen molar-refractivity contribution in [2.75, 3.05) is 19.6 Å². The number of halogens is 3. The van der Waals surface area contributed by atoms with E-state index in [4.69, 9.17) is 0 Å². The van der Waals surface area contributed by atoms with Gasteiger partial charge in [-0.15, -0.1) is 0 Å². The zero-order valence-electron chi connectivity index (χ0n) is 15.8. The summed E-state index contributed by atoms with van der Waals surface area (Å²) in [5, 5.41) is 5.62. The van der Waals surface area contributed by atoms with E-state index in [1.165, 1.54) is 12.1 Å². The lowest BCUT2D eigenvalue weighted by atomic mass is 9.96. The number of nitrogens with zero attached hydrogens (tertiary/aromatic N) is 1. The Morgan fingerprint density at radius 2 is 1.78 bits per heavy atom. The Bertz CT molecular complexity index is 676. The molecule has 0 aliphatic carbocycles. The highest BCUT2D eigenvalue weighted by molar-refractivity contribution is 5.94. The molecule has 27 heavy (non-hydrogen) atoms. The lowest BCUT2D eigenvalue weighted by Crippen LogP contribution is -2.51. The van der Waals surface area contributed by atoms with Gasteiger partial charge in [0.2, 0.25) is 0 Å². The summed E-state index contributed by atoms with van der Waals surface area (Å²) in [5.41, 5.74) is -1.15. The van der Waals surface area contributed by atoms with Gasteiger partial charge >= 0.3 is 12.2 Å². The van der Waals surface area contributed by atoms with Gasteiger partial charge in [-0.3, -0.25) is 4.79 Å². The van der Waals surface area contributed by atoms with E-state index in [1.54, 1.807) is 4.90 Å². The summed E-state index contributed by atoms with van der Waals surface area (Å²) in [6, 6.07) is 4.28. The molecule has 150 valence electrons. The molecule has 1 aromatic rings. The summed E-state index contributed by atoms with van der Waals surface area (Å²) in [6.45, 7) is 7.31. The van der Waals surface area contributed by atoms with Crippen LogP contribution in [0.5, 0.6) is 0 Å². The first kappa shape index (κ1) is 21.1. The zero-order chi connectivity index (χ0) is 20.2. The Kier molecular flexibility index (Phi) is 6.38. The number of amides is 3. The second-order valence-electron chi connectivity index (χ2n) is 7.90. The number of carbonyl (C=O) groups excluding carboxylic acids is 2. The highest BCUT2D eigenvalue weighted by Crippen LogP contribution is 2.29. The summed E-state index contributed by atoms with van der Waals surface area (Å²) in [7, 11) is 0. The fraction of sp³-hybridized carbons (Fsp3) is 0.579. The molecule has 1 heterocycles. The topological polar surface area (TPSA) is 61.4 Å². The second-order valence-corrected chi connectivity index (χ2v) is 7.90. The Morgan fingerprint density at radius 1 is 1.15 bits per heavy atom. The van der Waals surface area contributed by atoms with Crippen molar-refractivity contribution in [2.24, 2.45) is 5.92 Å². The molecule has 0 unspecified atom stereocenters. The number of rotatable bonds is 3. The van der Waals surface area contributed by atoms with Crippen molar-refractivity contribution >= 4 is 11.9 Å². The average Bonchev–Trinajstić information content (AvgIpc) is 2.58. The monoisotopic (exact) mass is 385 g/mol. The highest BCUT2D eigenvalue weighted by Gasteiger charge is 2.31. The molecule has 0 atom stereocenters. The number of urea groups is 1. The molecule has 1 aliphatic rings. The quantitative estimate of drug-likeness (QED) is 0.834. The van der Waals surface area contributed by atoms with Gasteiger partial charge in [0.15, 0.2) is 0 Å². The molecule has 1 aromatic carbocycles. The van der Waals surface area contributed by atoms with Crippen LogP contribution in [0.15, 0.2) is 24.3 Å². The van der Waals surface area contributed by atoms with Crippen LogP contribution in [0, 0.1) is 5.92 Å². The number of likely N-dealkylation sites (tertiary alicyclic amines) is 1. The summed E-state index contributed by atoms with van der Waals surface area (Å²) in [6.07, 6.45) is -3.00. The molecule has 2 N–H and O–H groups in total. The Hall–Kier alpha value is -2.25. The van der Waals surface area contributed by atoms with Gasteiger partial charge < -0.3 is 15.5 Å². The molecule has 1 fully saturated rings. The summed E-state index contributed by atoms with van der Waals surface area (Å²) in [4.78, 5) is 26.0. The maximum absolute atomic E-state index is 12.7. The first-order valence-corrected chi connectivity index (χ1v) is 8.98. The predicted molar refractivity (Wildman–Crippen MR) is 96.4 cm³/mol. The van der Waals surface area contributed by atoms with Crippen LogP contribution in [-0.2, 0) is 6.18 Å². The SMILES string of the molecule is CC(C)(C)NC(=O)N1CCC(CNC(=O)c2cccc(C(F)(F)F)c2)CC1. The largest absolute Gasteiger partial charge is 0.416 e. The Balaban J connectivity index is 1.82. The number of hydrogen-bond acceptors (Lipinski definition) is 2. The van der Waals surface area contributed by atoms with Crippen LogP contribution in [-0.4, -0.2) is 42.0 Å². The van der Waals surface area contributed by atoms with Crippen molar-refractivity contribution in [1.29, 1.82) is 0 Å². The number of piperidine rings is 1. The van der Waals surface area contributed by atoms with E-state index in [9.17, 15) is 22.8 Å². The first-order chi connectivity index (χ1) is 12.5. The van der Waals surface area contributed by atoms with E-state index in [1.807, 2.05) is 20.8 Å². The van der Waals surface area contributed by atoms with Crippen LogP contribution in [0.25, 0.3) is 0 Å². The van der Waals surface area contributed by atoms with Crippen LogP contribution in [0.2, 0.25) is 0 Å². The minimum atomic E-state index is -4.48. The third kappa shape index (κ3) is 6.45. The van der Waals surface area contributed by atoms with E-state index < -0.39 is 17.6 Å². The summed E-state index contributed by atoms with van der Waals surface area (Å²) in [5.74, 6) is -0.326. The number of alkyl halides is 3. The minimum absolute atomic E-state index is 0.00758. The Labute approximate surface area is 157 Å². The fourth-order valence-corrected chi connectivity index (χ4v) is 2.92. The molecule has 0 bridgehead atoms. The van der Waals surface area contributed by atoms with Gasteiger partial charge in [-0.05, 0) is 57.7 Å². The molecule has 1 aliphatic heterocycles. The summed E-state index contributed by atoms with van der Waals surface area (Å²) >= 11 is 0. The molecular formula is C19H26F3N3O2. The predicted octanol–water partition coefficient (Wildman–Crippen LogP) is 3.66. The first-order valence-electron chi connectivity index (χ1n) is 8.98. The lowest BCUT2D eigenvalue weighted by Gasteiger charge is -2.34. The molecule has 0 saturated carbocycles. The summed E-state index contributed by atoms with van der Waals surface area (Å²) < 4.78 is 38.2. The molecular weight excluding hydrogens is 359 g/mol. The normalized spacial score (nSPS) is 16.1. The third-order valence-corrected chi connectivity index (χ3v) is 4.39. The van der Waals surface area contributed by atoms with Gasteiger partial charge in [0, 0.05) is 30.7 Å². The van der Waals surface area contributed by atoms with Crippen molar-refractivity contribution in [1.82, 2.24) is 15.5 Å². The average molecular weight is 385 g/mol. The molecule has 0 spiro atoms. The maximum Gasteiger partial charge on any atom is 0.416 e. The molecule has 8 heteroatoms. The maximum atomic E-state index is 12.7. The third-order valence-electron chi connectivity index (χ3n) is 4.39. The van der Waals surface area contributed by atoms with Crippen LogP contribution in [0.3, 0.4) is 0 Å². The van der Waals surface area contributed by atoms with Crippen LogP contribution < -0.4 is 10.6 Å². The molecule has 1 saturated heterocycles. The van der Waals surface area contributed by atoms with Crippen LogP contribution in [0.4, 0.5) is 18.0 Å². The van der Waals surface area contributed by atoms with Gasteiger partial charge in [0.05, 0.1) is 5.56 Å². The van der Waals surface area contributed by atoms with E-state index in [2.05, 4.69) is 10.6 Å². The molecule has 0 aromatic heterocycles. The van der Waals surface area contributed by atoms with E-state index >= 15 is 0 Å². The van der Waals surface area contributed by atoms with Crippen LogP contribution in [0.1, 0.15) is 49.5 Å². The van der Waals surface area contributed by atoms with E-state index in [0.717, 1.165) is 25.0 Å². The van der Waals surface area contributed by atoms with Crippen molar-refractivity contribution in [2.45, 2.75) is 45.3 Å². The Morgan fingerprint density at radius 3 is 2.33 bits per heavy atom. The minimum Gasteiger partial charge on any atom is -0.352 e. The zero-order valence-corrected chi connectivity index (χ0v) is 15.8. The molecule has 5 nitrogen and oxygen atoms in total.